The number of rotatable bonds is 5. The van der Waals surface area contributed by atoms with Crippen LogP contribution in [0.15, 0.2) is 66.7 Å². The van der Waals surface area contributed by atoms with E-state index in [9.17, 15) is 4.79 Å². The number of carbonyl (C=O) groups is 1. The van der Waals surface area contributed by atoms with Gasteiger partial charge in [-0.05, 0) is 42.3 Å². The van der Waals surface area contributed by atoms with Gasteiger partial charge in [-0.3, -0.25) is 4.79 Å². The molecule has 0 fully saturated rings. The lowest BCUT2D eigenvalue weighted by atomic mass is 10.1. The molecule has 0 heterocycles. The fourth-order valence-corrected chi connectivity index (χ4v) is 2.59. The van der Waals surface area contributed by atoms with Crippen LogP contribution in [0.2, 0.25) is 0 Å². The van der Waals surface area contributed by atoms with Gasteiger partial charge in [0.1, 0.15) is 0 Å². The van der Waals surface area contributed by atoms with Gasteiger partial charge in [0, 0.05) is 12.2 Å². The highest BCUT2D eigenvalue weighted by Crippen LogP contribution is 2.18. The third-order valence-electron chi connectivity index (χ3n) is 4.14. The first-order chi connectivity index (χ1) is 11.6. The Bertz CT molecular complexity index is 840. The van der Waals surface area contributed by atoms with Gasteiger partial charge in [0.2, 0.25) is 5.91 Å². The summed E-state index contributed by atoms with van der Waals surface area (Å²) < 4.78 is 0. The van der Waals surface area contributed by atoms with Crippen molar-refractivity contribution >= 4 is 22.4 Å². The number of amides is 1. The molecule has 0 aliphatic carbocycles. The van der Waals surface area contributed by atoms with E-state index in [1.807, 2.05) is 43.3 Å². The number of nitrogens with one attached hydrogen (secondary N) is 2. The van der Waals surface area contributed by atoms with E-state index in [0.717, 1.165) is 11.1 Å². The number of hydrogen-bond acceptors (Lipinski definition) is 2. The molecule has 1 amide bonds. The summed E-state index contributed by atoms with van der Waals surface area (Å²) in [6.45, 7) is 4.62. The average Bonchev–Trinajstić information content (AvgIpc) is 2.61. The minimum atomic E-state index is -0.266. The Morgan fingerprint density at radius 3 is 2.42 bits per heavy atom. The molecule has 3 aromatic carbocycles. The molecule has 0 saturated heterocycles. The quantitative estimate of drug-likeness (QED) is 0.738. The van der Waals surface area contributed by atoms with Crippen LogP contribution in [-0.2, 0) is 11.3 Å². The first-order valence-electron chi connectivity index (χ1n) is 8.20. The van der Waals surface area contributed by atoms with Crippen LogP contribution in [0.5, 0.6) is 0 Å². The number of fused-ring (bicyclic) bond motifs is 1. The predicted octanol–water partition coefficient (Wildman–Crippen LogP) is 4.27. The summed E-state index contributed by atoms with van der Waals surface area (Å²) in [7, 11) is 0. The average molecular weight is 318 g/mol. The normalized spacial score (nSPS) is 12.1. The van der Waals surface area contributed by atoms with Crippen molar-refractivity contribution in [2.24, 2.45) is 0 Å². The van der Waals surface area contributed by atoms with E-state index >= 15 is 0 Å². The Labute approximate surface area is 142 Å². The number of hydrogen-bond donors (Lipinski definition) is 2. The maximum Gasteiger partial charge on any atom is 0.241 e. The second kappa shape index (κ2) is 7.28. The van der Waals surface area contributed by atoms with Crippen LogP contribution in [0, 0.1) is 6.92 Å². The van der Waals surface area contributed by atoms with Crippen LogP contribution >= 0.6 is 0 Å². The van der Waals surface area contributed by atoms with Crippen molar-refractivity contribution in [1.29, 1.82) is 0 Å². The second-order valence-corrected chi connectivity index (χ2v) is 6.14. The van der Waals surface area contributed by atoms with Crippen molar-refractivity contribution in [2.45, 2.75) is 26.4 Å². The maximum absolute atomic E-state index is 12.4. The van der Waals surface area contributed by atoms with Gasteiger partial charge in [-0.1, -0.05) is 60.2 Å². The SMILES string of the molecule is Cc1ccc(CNC(C)C(=O)Nc2ccc3ccccc3c2)cc1. The molecule has 0 aliphatic heterocycles. The van der Waals surface area contributed by atoms with Crippen molar-refractivity contribution in [2.75, 3.05) is 5.32 Å². The molecule has 3 rings (SSSR count). The Hall–Kier alpha value is -2.65. The second-order valence-electron chi connectivity index (χ2n) is 6.14. The van der Waals surface area contributed by atoms with Crippen LogP contribution in [-0.4, -0.2) is 11.9 Å². The fourth-order valence-electron chi connectivity index (χ4n) is 2.59. The summed E-state index contributed by atoms with van der Waals surface area (Å²) in [5, 5.41) is 8.53. The molecule has 0 saturated carbocycles. The van der Waals surface area contributed by atoms with Crippen molar-refractivity contribution < 1.29 is 4.79 Å². The summed E-state index contributed by atoms with van der Waals surface area (Å²) >= 11 is 0. The van der Waals surface area contributed by atoms with Gasteiger partial charge in [-0.15, -0.1) is 0 Å². The number of aryl methyl sites for hydroxylation is 1. The summed E-state index contributed by atoms with van der Waals surface area (Å²) in [6, 6.07) is 22.1. The molecule has 3 heteroatoms. The molecule has 0 aromatic heterocycles. The third kappa shape index (κ3) is 4.00. The van der Waals surface area contributed by atoms with Gasteiger partial charge in [0.25, 0.3) is 0 Å². The lowest BCUT2D eigenvalue weighted by molar-refractivity contribution is -0.117. The minimum Gasteiger partial charge on any atom is -0.325 e. The molecular weight excluding hydrogens is 296 g/mol. The van der Waals surface area contributed by atoms with E-state index < -0.39 is 0 Å². The van der Waals surface area contributed by atoms with Crippen LogP contribution < -0.4 is 10.6 Å². The van der Waals surface area contributed by atoms with Crippen LogP contribution in [0.3, 0.4) is 0 Å². The smallest absolute Gasteiger partial charge is 0.241 e. The molecule has 1 unspecified atom stereocenters. The molecule has 0 spiro atoms. The lowest BCUT2D eigenvalue weighted by Crippen LogP contribution is -2.37. The highest BCUT2D eigenvalue weighted by molar-refractivity contribution is 5.97. The summed E-state index contributed by atoms with van der Waals surface area (Å²) in [6.07, 6.45) is 0. The Balaban J connectivity index is 1.59. The molecule has 3 nitrogen and oxygen atoms in total. The third-order valence-corrected chi connectivity index (χ3v) is 4.14. The Morgan fingerprint density at radius 1 is 0.958 bits per heavy atom. The molecule has 0 aliphatic rings. The largest absolute Gasteiger partial charge is 0.325 e. The van der Waals surface area contributed by atoms with Gasteiger partial charge in [0.05, 0.1) is 6.04 Å². The summed E-state index contributed by atoms with van der Waals surface area (Å²) in [4.78, 5) is 12.4. The van der Waals surface area contributed by atoms with Gasteiger partial charge >= 0.3 is 0 Å². The van der Waals surface area contributed by atoms with E-state index in [-0.39, 0.29) is 11.9 Å². The maximum atomic E-state index is 12.4. The molecule has 0 radical (unpaired) electrons. The zero-order valence-corrected chi connectivity index (χ0v) is 14.0. The van der Waals surface area contributed by atoms with E-state index in [2.05, 4.69) is 47.9 Å². The molecule has 1 atom stereocenters. The first kappa shape index (κ1) is 16.2. The van der Waals surface area contributed by atoms with E-state index in [1.54, 1.807) is 0 Å². The van der Waals surface area contributed by atoms with E-state index in [0.29, 0.717) is 6.54 Å². The Kier molecular flexibility index (Phi) is 4.92. The van der Waals surface area contributed by atoms with E-state index in [4.69, 9.17) is 0 Å². The summed E-state index contributed by atoms with van der Waals surface area (Å²) in [5.41, 5.74) is 3.23. The molecule has 0 bridgehead atoms. The van der Waals surface area contributed by atoms with Crippen molar-refractivity contribution in [3.8, 4) is 0 Å². The van der Waals surface area contributed by atoms with Crippen molar-refractivity contribution in [3.05, 3.63) is 77.9 Å². The Morgan fingerprint density at radius 2 is 1.67 bits per heavy atom. The van der Waals surface area contributed by atoms with Crippen molar-refractivity contribution in [1.82, 2.24) is 5.32 Å². The number of carbonyl (C=O) groups excluding carboxylic acids is 1. The van der Waals surface area contributed by atoms with Crippen LogP contribution in [0.1, 0.15) is 18.1 Å². The summed E-state index contributed by atoms with van der Waals surface area (Å²) in [5.74, 6) is -0.0302. The van der Waals surface area contributed by atoms with Gasteiger partial charge in [-0.2, -0.15) is 0 Å². The topological polar surface area (TPSA) is 41.1 Å². The number of benzene rings is 3. The van der Waals surface area contributed by atoms with Crippen LogP contribution in [0.4, 0.5) is 5.69 Å². The first-order valence-corrected chi connectivity index (χ1v) is 8.20. The zero-order valence-electron chi connectivity index (χ0n) is 14.0. The monoisotopic (exact) mass is 318 g/mol. The predicted molar refractivity (Wildman–Crippen MR) is 100 cm³/mol. The molecule has 2 N–H and O–H groups in total. The zero-order chi connectivity index (χ0) is 16.9. The minimum absolute atomic E-state index is 0.0302. The molecule has 122 valence electrons. The van der Waals surface area contributed by atoms with Crippen molar-refractivity contribution in [3.63, 3.8) is 0 Å². The molecule has 3 aromatic rings. The number of anilines is 1. The lowest BCUT2D eigenvalue weighted by Gasteiger charge is -2.14. The van der Waals surface area contributed by atoms with Crippen LogP contribution in [0.25, 0.3) is 10.8 Å². The van der Waals surface area contributed by atoms with Gasteiger partial charge < -0.3 is 10.6 Å². The molecule has 24 heavy (non-hydrogen) atoms. The van der Waals surface area contributed by atoms with E-state index in [1.165, 1.54) is 16.5 Å². The highest BCUT2D eigenvalue weighted by Gasteiger charge is 2.12. The standard InChI is InChI=1S/C21H22N2O/c1-15-7-9-17(10-8-15)14-22-16(2)21(24)23-20-12-11-18-5-3-4-6-19(18)13-20/h3-13,16,22H,14H2,1-2H3,(H,23,24). The van der Waals surface area contributed by atoms with Gasteiger partial charge in [-0.25, -0.2) is 0 Å². The fraction of sp³-hybridized carbons (Fsp3) is 0.190. The highest BCUT2D eigenvalue weighted by atomic mass is 16.2. The molecular formula is C21H22N2O. The van der Waals surface area contributed by atoms with Gasteiger partial charge in [0.15, 0.2) is 0 Å².